The van der Waals surface area contributed by atoms with Gasteiger partial charge < -0.3 is 24.1 Å². The van der Waals surface area contributed by atoms with Crippen molar-refractivity contribution in [3.63, 3.8) is 0 Å². The number of urea groups is 1. The molecule has 1 aromatic heterocycles. The third-order valence-corrected chi connectivity index (χ3v) is 5.67. The van der Waals surface area contributed by atoms with Gasteiger partial charge >= 0.3 is 6.03 Å². The van der Waals surface area contributed by atoms with Crippen LogP contribution in [0, 0.1) is 19.3 Å². The van der Waals surface area contributed by atoms with E-state index >= 15 is 0 Å². The maximum absolute atomic E-state index is 12.9. The second-order valence-corrected chi connectivity index (χ2v) is 7.76. The van der Waals surface area contributed by atoms with Gasteiger partial charge in [-0.1, -0.05) is 6.07 Å². The summed E-state index contributed by atoms with van der Waals surface area (Å²) in [6, 6.07) is 7.49. The normalized spacial score (nSPS) is 19.4. The van der Waals surface area contributed by atoms with Crippen LogP contribution in [0.2, 0.25) is 0 Å². The van der Waals surface area contributed by atoms with E-state index in [-0.39, 0.29) is 11.4 Å². The van der Waals surface area contributed by atoms with E-state index in [1.807, 2.05) is 43.0 Å². The third kappa shape index (κ3) is 4.05. The Morgan fingerprint density at radius 3 is 2.75 bits per heavy atom. The van der Waals surface area contributed by atoms with Gasteiger partial charge in [0.05, 0.1) is 18.9 Å². The summed E-state index contributed by atoms with van der Waals surface area (Å²) >= 11 is 0. The Bertz CT molecular complexity index is 822. The lowest BCUT2D eigenvalue weighted by Crippen LogP contribution is -2.46. The zero-order valence-electron chi connectivity index (χ0n) is 16.5. The minimum Gasteiger partial charge on any atom is -0.441 e. The highest BCUT2D eigenvalue weighted by Gasteiger charge is 2.38. The molecule has 1 aromatic carbocycles. The summed E-state index contributed by atoms with van der Waals surface area (Å²) in [4.78, 5) is 19.2. The molecule has 0 unspecified atom stereocenters. The molecule has 7 heteroatoms. The first kappa shape index (κ1) is 19.0. The number of hydrogen-bond donors (Lipinski definition) is 1. The topological polar surface area (TPSA) is 76.8 Å². The van der Waals surface area contributed by atoms with E-state index in [0.717, 1.165) is 48.8 Å². The second kappa shape index (κ2) is 7.93. The lowest BCUT2D eigenvalue weighted by atomic mass is 9.80. The van der Waals surface area contributed by atoms with Crippen LogP contribution in [-0.4, -0.2) is 55.4 Å². The van der Waals surface area contributed by atoms with E-state index in [9.17, 15) is 4.79 Å². The standard InChI is InChI=1S/C21H27N3O4/c1-15-16(2)28-19(22-15)17-4-3-5-18(12-17)23-20(25)24-8-11-27-14-21(13-24)6-9-26-10-7-21/h3-5,12H,6-11,13-14H2,1-2H3,(H,23,25). The van der Waals surface area contributed by atoms with Crippen LogP contribution in [0.25, 0.3) is 11.5 Å². The van der Waals surface area contributed by atoms with Crippen molar-refractivity contribution in [2.24, 2.45) is 5.41 Å². The average molecular weight is 385 g/mol. The Balaban J connectivity index is 1.47. The largest absolute Gasteiger partial charge is 0.441 e. The highest BCUT2D eigenvalue weighted by Crippen LogP contribution is 2.33. The third-order valence-electron chi connectivity index (χ3n) is 5.67. The van der Waals surface area contributed by atoms with E-state index < -0.39 is 0 Å². The summed E-state index contributed by atoms with van der Waals surface area (Å²) in [7, 11) is 0. The Hall–Kier alpha value is -2.38. The number of anilines is 1. The van der Waals surface area contributed by atoms with Crippen LogP contribution in [0.3, 0.4) is 0 Å². The smallest absolute Gasteiger partial charge is 0.321 e. The van der Waals surface area contributed by atoms with Gasteiger partial charge in [-0.2, -0.15) is 0 Å². The summed E-state index contributed by atoms with van der Waals surface area (Å²) in [5, 5.41) is 3.02. The Morgan fingerprint density at radius 1 is 1.18 bits per heavy atom. The SMILES string of the molecule is Cc1nc(-c2cccc(NC(=O)N3CCOCC4(CCOCC4)C3)c2)oc1C. The highest BCUT2D eigenvalue weighted by molar-refractivity contribution is 5.90. The Labute approximate surface area is 165 Å². The molecule has 0 saturated carbocycles. The van der Waals surface area contributed by atoms with Gasteiger partial charge in [0.15, 0.2) is 0 Å². The molecule has 0 atom stereocenters. The molecule has 2 amide bonds. The molecule has 1 N–H and O–H groups in total. The first-order valence-electron chi connectivity index (χ1n) is 9.81. The molecule has 2 fully saturated rings. The monoisotopic (exact) mass is 385 g/mol. The van der Waals surface area contributed by atoms with Crippen LogP contribution in [0.1, 0.15) is 24.3 Å². The second-order valence-electron chi connectivity index (χ2n) is 7.76. The molecule has 28 heavy (non-hydrogen) atoms. The number of benzene rings is 1. The van der Waals surface area contributed by atoms with Crippen LogP contribution in [0.5, 0.6) is 0 Å². The van der Waals surface area contributed by atoms with Gasteiger partial charge in [-0.15, -0.1) is 0 Å². The average Bonchev–Trinajstić information content (AvgIpc) is 2.91. The Morgan fingerprint density at radius 2 is 2.00 bits per heavy atom. The Kier molecular flexibility index (Phi) is 5.37. The highest BCUT2D eigenvalue weighted by atomic mass is 16.5. The summed E-state index contributed by atoms with van der Waals surface area (Å²) in [6.07, 6.45) is 1.85. The van der Waals surface area contributed by atoms with E-state index in [4.69, 9.17) is 13.9 Å². The van der Waals surface area contributed by atoms with Crippen LogP contribution < -0.4 is 5.32 Å². The number of ether oxygens (including phenoxy) is 2. The van der Waals surface area contributed by atoms with Gasteiger partial charge in [-0.3, -0.25) is 0 Å². The van der Waals surface area contributed by atoms with Gasteiger partial charge in [0.1, 0.15) is 5.76 Å². The van der Waals surface area contributed by atoms with Crippen molar-refractivity contribution in [1.29, 1.82) is 0 Å². The molecule has 4 rings (SSSR count). The number of carbonyl (C=O) groups excluding carboxylic acids is 1. The quantitative estimate of drug-likeness (QED) is 0.854. The molecule has 0 aliphatic carbocycles. The molecule has 0 radical (unpaired) electrons. The molecule has 3 heterocycles. The predicted molar refractivity (Wildman–Crippen MR) is 105 cm³/mol. The van der Waals surface area contributed by atoms with Crippen molar-refractivity contribution in [1.82, 2.24) is 9.88 Å². The number of carbonyl (C=O) groups is 1. The predicted octanol–water partition coefficient (Wildman–Crippen LogP) is 3.62. The molecular weight excluding hydrogens is 358 g/mol. The number of oxazole rings is 1. The first-order chi connectivity index (χ1) is 13.5. The molecule has 0 bridgehead atoms. The number of rotatable bonds is 2. The molecule has 2 aliphatic heterocycles. The number of aryl methyl sites for hydroxylation is 2. The van der Waals surface area contributed by atoms with Crippen molar-refractivity contribution in [3.05, 3.63) is 35.7 Å². The van der Waals surface area contributed by atoms with Gasteiger partial charge in [0.25, 0.3) is 0 Å². The maximum Gasteiger partial charge on any atom is 0.321 e. The molecule has 2 aromatic rings. The first-order valence-corrected chi connectivity index (χ1v) is 9.81. The zero-order valence-corrected chi connectivity index (χ0v) is 16.5. The van der Waals surface area contributed by atoms with Crippen LogP contribution >= 0.6 is 0 Å². The van der Waals surface area contributed by atoms with Crippen molar-refractivity contribution in [2.75, 3.05) is 44.8 Å². The van der Waals surface area contributed by atoms with Gasteiger partial charge in [0.2, 0.25) is 5.89 Å². The lowest BCUT2D eigenvalue weighted by Gasteiger charge is -2.38. The minimum atomic E-state index is -0.103. The maximum atomic E-state index is 12.9. The van der Waals surface area contributed by atoms with E-state index in [0.29, 0.717) is 32.2 Å². The van der Waals surface area contributed by atoms with Crippen LogP contribution in [0.4, 0.5) is 10.5 Å². The lowest BCUT2D eigenvalue weighted by molar-refractivity contribution is -0.0292. The number of nitrogens with zero attached hydrogens (tertiary/aromatic N) is 2. The summed E-state index contributed by atoms with van der Waals surface area (Å²) in [5.74, 6) is 1.37. The van der Waals surface area contributed by atoms with Gasteiger partial charge in [-0.25, -0.2) is 9.78 Å². The molecule has 2 aliphatic rings. The summed E-state index contributed by atoms with van der Waals surface area (Å²) in [5.41, 5.74) is 2.44. The molecular formula is C21H27N3O4. The number of aromatic nitrogens is 1. The summed E-state index contributed by atoms with van der Waals surface area (Å²) in [6.45, 7) is 7.81. The summed E-state index contributed by atoms with van der Waals surface area (Å²) < 4.78 is 17.0. The van der Waals surface area contributed by atoms with E-state index in [2.05, 4.69) is 10.3 Å². The number of hydrogen-bond acceptors (Lipinski definition) is 5. The van der Waals surface area contributed by atoms with Crippen LogP contribution in [-0.2, 0) is 9.47 Å². The van der Waals surface area contributed by atoms with Crippen molar-refractivity contribution in [3.8, 4) is 11.5 Å². The fourth-order valence-electron chi connectivity index (χ4n) is 3.80. The van der Waals surface area contributed by atoms with Crippen molar-refractivity contribution in [2.45, 2.75) is 26.7 Å². The zero-order chi connectivity index (χ0) is 19.6. The molecule has 7 nitrogen and oxygen atoms in total. The molecule has 150 valence electrons. The minimum absolute atomic E-state index is 0.00107. The molecule has 1 spiro atoms. The number of amides is 2. The van der Waals surface area contributed by atoms with Gasteiger partial charge in [0, 0.05) is 43.0 Å². The van der Waals surface area contributed by atoms with E-state index in [1.165, 1.54) is 0 Å². The van der Waals surface area contributed by atoms with Crippen LogP contribution in [0.15, 0.2) is 28.7 Å². The van der Waals surface area contributed by atoms with E-state index in [1.54, 1.807) is 0 Å². The van der Waals surface area contributed by atoms with Gasteiger partial charge in [-0.05, 0) is 44.9 Å². The fourth-order valence-corrected chi connectivity index (χ4v) is 3.80. The fraction of sp³-hybridized carbons (Fsp3) is 0.524. The number of nitrogens with one attached hydrogen (secondary N) is 1. The van der Waals surface area contributed by atoms with Crippen molar-refractivity contribution < 1.29 is 18.7 Å². The molecule has 2 saturated heterocycles. The van der Waals surface area contributed by atoms with Crippen molar-refractivity contribution >= 4 is 11.7 Å².